The Morgan fingerprint density at radius 2 is 1.96 bits per heavy atom. The molecule has 3 rings (SSSR count). The Morgan fingerprint density at radius 1 is 1.22 bits per heavy atom. The summed E-state index contributed by atoms with van der Waals surface area (Å²) in [6.07, 6.45) is 0. The molecule has 2 aromatic heterocycles. The van der Waals surface area contributed by atoms with Crippen LogP contribution in [0.3, 0.4) is 0 Å². The molecule has 2 heterocycles. The summed E-state index contributed by atoms with van der Waals surface area (Å²) < 4.78 is 15.9. The number of H-pyrrole nitrogens is 1. The van der Waals surface area contributed by atoms with Crippen molar-refractivity contribution in [2.45, 2.75) is 13.5 Å². The van der Waals surface area contributed by atoms with Gasteiger partial charge in [0.15, 0.2) is 5.01 Å². The molecular formula is C15H15N3O4S. The highest BCUT2D eigenvalue weighted by molar-refractivity contribution is 7.11. The summed E-state index contributed by atoms with van der Waals surface area (Å²) in [7, 11) is 3.14. The number of ether oxygens (including phenoxy) is 3. The molecule has 120 valence electrons. The fourth-order valence-electron chi connectivity index (χ4n) is 2.23. The first-order valence-electron chi connectivity index (χ1n) is 6.82. The number of hydrogen-bond donors (Lipinski definition) is 1. The van der Waals surface area contributed by atoms with E-state index in [-0.39, 0.29) is 6.61 Å². The van der Waals surface area contributed by atoms with E-state index in [0.29, 0.717) is 27.7 Å². The fourth-order valence-corrected chi connectivity index (χ4v) is 2.85. The van der Waals surface area contributed by atoms with Crippen molar-refractivity contribution in [3.8, 4) is 11.5 Å². The molecule has 8 heteroatoms. The maximum Gasteiger partial charge on any atom is 0.355 e. The van der Waals surface area contributed by atoms with Crippen LogP contribution in [0.2, 0.25) is 0 Å². The Labute approximate surface area is 136 Å². The van der Waals surface area contributed by atoms with Crippen molar-refractivity contribution in [1.29, 1.82) is 0 Å². The summed E-state index contributed by atoms with van der Waals surface area (Å²) >= 11 is 1.39. The lowest BCUT2D eigenvalue weighted by Crippen LogP contribution is -2.05. The second kappa shape index (κ2) is 6.25. The summed E-state index contributed by atoms with van der Waals surface area (Å²) in [5, 5.41) is 10.0. The topological polar surface area (TPSA) is 86.3 Å². The zero-order chi connectivity index (χ0) is 16.4. The van der Waals surface area contributed by atoms with Crippen molar-refractivity contribution in [2.24, 2.45) is 0 Å². The zero-order valence-electron chi connectivity index (χ0n) is 12.9. The van der Waals surface area contributed by atoms with E-state index in [1.807, 2.05) is 6.92 Å². The van der Waals surface area contributed by atoms with Crippen LogP contribution in [0.4, 0.5) is 0 Å². The molecule has 0 bridgehead atoms. The molecule has 0 aliphatic heterocycles. The van der Waals surface area contributed by atoms with E-state index < -0.39 is 5.97 Å². The van der Waals surface area contributed by atoms with E-state index in [4.69, 9.17) is 14.2 Å². The van der Waals surface area contributed by atoms with Gasteiger partial charge in [-0.25, -0.2) is 4.79 Å². The van der Waals surface area contributed by atoms with Gasteiger partial charge in [-0.05, 0) is 25.1 Å². The van der Waals surface area contributed by atoms with E-state index >= 15 is 0 Å². The van der Waals surface area contributed by atoms with Gasteiger partial charge in [0.2, 0.25) is 0 Å². The van der Waals surface area contributed by atoms with Crippen LogP contribution in [0, 0.1) is 6.92 Å². The highest BCUT2D eigenvalue weighted by atomic mass is 32.1. The molecule has 0 aliphatic carbocycles. The van der Waals surface area contributed by atoms with E-state index in [1.54, 1.807) is 32.4 Å². The lowest BCUT2D eigenvalue weighted by molar-refractivity contribution is 0.0466. The number of fused-ring (bicyclic) bond motifs is 1. The number of carbonyl (C=O) groups is 1. The Hall–Kier alpha value is -2.61. The lowest BCUT2D eigenvalue weighted by Gasteiger charge is -2.05. The molecule has 23 heavy (non-hydrogen) atoms. The van der Waals surface area contributed by atoms with Gasteiger partial charge in [-0.3, -0.25) is 0 Å². The normalized spacial score (nSPS) is 10.7. The number of aryl methyl sites for hydroxylation is 1. The van der Waals surface area contributed by atoms with E-state index in [1.165, 1.54) is 11.3 Å². The summed E-state index contributed by atoms with van der Waals surface area (Å²) in [5.74, 6) is 0.800. The third-order valence-electron chi connectivity index (χ3n) is 3.27. The van der Waals surface area contributed by atoms with Gasteiger partial charge in [-0.15, -0.1) is 10.2 Å². The Balaban J connectivity index is 1.85. The Morgan fingerprint density at radius 3 is 2.61 bits per heavy atom. The fraction of sp³-hybridized carbons (Fsp3) is 0.267. The molecule has 1 N–H and O–H groups in total. The Bertz CT molecular complexity index is 815. The predicted octanol–water partition coefficient (Wildman–Crippen LogP) is 2.70. The van der Waals surface area contributed by atoms with E-state index in [9.17, 15) is 4.79 Å². The minimum absolute atomic E-state index is 0.0912. The number of nitrogens with zero attached hydrogens (tertiary/aromatic N) is 2. The lowest BCUT2D eigenvalue weighted by atomic mass is 10.2. The number of hydrogen-bond acceptors (Lipinski definition) is 7. The minimum Gasteiger partial charge on any atom is -0.496 e. The van der Waals surface area contributed by atoms with Crippen molar-refractivity contribution in [2.75, 3.05) is 14.2 Å². The third-order valence-corrected chi connectivity index (χ3v) is 4.08. The van der Waals surface area contributed by atoms with E-state index in [2.05, 4.69) is 15.2 Å². The summed E-state index contributed by atoms with van der Waals surface area (Å²) in [6.45, 7) is 1.94. The number of rotatable bonds is 5. The SMILES string of the molecule is COc1ccc(OC)c2[nH]c(C(=O)OCc3nnc(C)s3)cc12. The number of benzene rings is 1. The molecule has 0 amide bonds. The second-order valence-electron chi connectivity index (χ2n) is 4.73. The number of aromatic amines is 1. The number of esters is 1. The number of aromatic nitrogens is 3. The van der Waals surface area contributed by atoms with Gasteiger partial charge < -0.3 is 19.2 Å². The number of methoxy groups -OCH3 is 2. The van der Waals surface area contributed by atoms with Gasteiger partial charge in [0.25, 0.3) is 0 Å². The van der Waals surface area contributed by atoms with Crippen LogP contribution in [0.15, 0.2) is 18.2 Å². The van der Waals surface area contributed by atoms with Gasteiger partial charge in [0.1, 0.15) is 28.8 Å². The van der Waals surface area contributed by atoms with Crippen LogP contribution in [-0.2, 0) is 11.3 Å². The monoisotopic (exact) mass is 333 g/mol. The van der Waals surface area contributed by atoms with Gasteiger partial charge in [-0.1, -0.05) is 11.3 Å². The van der Waals surface area contributed by atoms with Gasteiger partial charge in [0, 0.05) is 5.39 Å². The van der Waals surface area contributed by atoms with Crippen LogP contribution < -0.4 is 9.47 Å². The van der Waals surface area contributed by atoms with Gasteiger partial charge in [0.05, 0.1) is 19.7 Å². The molecule has 0 atom stereocenters. The first-order chi connectivity index (χ1) is 11.1. The third kappa shape index (κ3) is 2.98. The zero-order valence-corrected chi connectivity index (χ0v) is 13.7. The van der Waals surface area contributed by atoms with Crippen molar-refractivity contribution >= 4 is 28.2 Å². The van der Waals surface area contributed by atoms with Crippen LogP contribution in [0.25, 0.3) is 10.9 Å². The molecule has 0 spiro atoms. The van der Waals surface area contributed by atoms with Crippen LogP contribution >= 0.6 is 11.3 Å². The first-order valence-corrected chi connectivity index (χ1v) is 7.64. The smallest absolute Gasteiger partial charge is 0.355 e. The van der Waals surface area contributed by atoms with Crippen molar-refractivity contribution in [1.82, 2.24) is 15.2 Å². The molecule has 0 aliphatic rings. The molecule has 1 aromatic carbocycles. The highest BCUT2D eigenvalue weighted by Crippen LogP contribution is 2.33. The number of carbonyl (C=O) groups excluding carboxylic acids is 1. The van der Waals surface area contributed by atoms with Gasteiger partial charge in [-0.2, -0.15) is 0 Å². The quantitative estimate of drug-likeness (QED) is 0.723. The largest absolute Gasteiger partial charge is 0.496 e. The van der Waals surface area contributed by atoms with Gasteiger partial charge >= 0.3 is 5.97 Å². The highest BCUT2D eigenvalue weighted by Gasteiger charge is 2.17. The van der Waals surface area contributed by atoms with Crippen molar-refractivity contribution in [3.05, 3.63) is 33.9 Å². The first kappa shape index (κ1) is 15.3. The predicted molar refractivity (Wildman–Crippen MR) is 85.2 cm³/mol. The molecule has 0 fully saturated rings. The average Bonchev–Trinajstić information content (AvgIpc) is 3.18. The van der Waals surface area contributed by atoms with Crippen molar-refractivity contribution in [3.63, 3.8) is 0 Å². The van der Waals surface area contributed by atoms with Crippen LogP contribution in [0.1, 0.15) is 20.5 Å². The molecule has 3 aromatic rings. The Kier molecular flexibility index (Phi) is 4.16. The molecular weight excluding hydrogens is 318 g/mol. The molecule has 0 saturated heterocycles. The summed E-state index contributed by atoms with van der Waals surface area (Å²) in [4.78, 5) is 15.2. The summed E-state index contributed by atoms with van der Waals surface area (Å²) in [5.41, 5.74) is 1.01. The average molecular weight is 333 g/mol. The molecule has 0 saturated carbocycles. The van der Waals surface area contributed by atoms with E-state index in [0.717, 1.165) is 10.4 Å². The maximum atomic E-state index is 12.2. The van der Waals surface area contributed by atoms with Crippen LogP contribution in [-0.4, -0.2) is 35.4 Å². The molecule has 0 radical (unpaired) electrons. The number of nitrogens with one attached hydrogen (secondary N) is 1. The maximum absolute atomic E-state index is 12.2. The summed E-state index contributed by atoms with van der Waals surface area (Å²) in [6, 6.07) is 5.25. The van der Waals surface area contributed by atoms with Crippen molar-refractivity contribution < 1.29 is 19.0 Å². The van der Waals surface area contributed by atoms with Crippen LogP contribution in [0.5, 0.6) is 11.5 Å². The molecule has 7 nitrogen and oxygen atoms in total. The second-order valence-corrected chi connectivity index (χ2v) is 6.00. The molecule has 0 unspecified atom stereocenters. The standard InChI is InChI=1S/C15H15N3O4S/c1-8-17-18-13(23-8)7-22-15(19)10-6-9-11(20-2)4-5-12(21-3)14(9)16-10/h4-6,16H,7H2,1-3H3. The minimum atomic E-state index is -0.474.